The Balaban J connectivity index is 1.82. The van der Waals surface area contributed by atoms with E-state index in [1.165, 1.54) is 43.3 Å². The Morgan fingerprint density at radius 3 is 2.55 bits per heavy atom. The molecular formula is C20H26. The van der Waals surface area contributed by atoms with E-state index in [4.69, 9.17) is 0 Å². The van der Waals surface area contributed by atoms with Crippen LogP contribution in [0.15, 0.2) is 45.1 Å². The summed E-state index contributed by atoms with van der Waals surface area (Å²) in [7, 11) is 0. The first-order chi connectivity index (χ1) is 9.59. The zero-order valence-electron chi connectivity index (χ0n) is 13.3. The zero-order valence-corrected chi connectivity index (χ0v) is 13.3. The van der Waals surface area contributed by atoms with Crippen LogP contribution < -0.4 is 0 Å². The summed E-state index contributed by atoms with van der Waals surface area (Å²) in [5.74, 6) is 2.71. The van der Waals surface area contributed by atoms with Gasteiger partial charge in [0.2, 0.25) is 0 Å². The van der Waals surface area contributed by atoms with Crippen LogP contribution in [0.2, 0.25) is 0 Å². The normalized spacial score (nSPS) is 36.2. The lowest BCUT2D eigenvalue weighted by Gasteiger charge is -2.41. The molecule has 3 atom stereocenters. The van der Waals surface area contributed by atoms with E-state index in [0.29, 0.717) is 0 Å². The van der Waals surface area contributed by atoms with Crippen molar-refractivity contribution in [2.45, 2.75) is 59.8 Å². The van der Waals surface area contributed by atoms with Crippen molar-refractivity contribution in [2.24, 2.45) is 17.8 Å². The third-order valence-electron chi connectivity index (χ3n) is 6.56. The Morgan fingerprint density at radius 2 is 1.75 bits per heavy atom. The molecule has 1 unspecified atom stereocenters. The molecule has 4 rings (SSSR count). The van der Waals surface area contributed by atoms with Gasteiger partial charge in [-0.05, 0) is 96.8 Å². The molecule has 0 saturated heterocycles. The number of allylic oxidation sites excluding steroid dienone is 8. The van der Waals surface area contributed by atoms with Gasteiger partial charge < -0.3 is 0 Å². The fraction of sp³-hybridized carbons (Fsp3) is 0.600. The van der Waals surface area contributed by atoms with Gasteiger partial charge in [0.15, 0.2) is 0 Å². The summed E-state index contributed by atoms with van der Waals surface area (Å²) in [5.41, 5.74) is 11.3. The molecule has 4 aliphatic carbocycles. The first kappa shape index (κ1) is 12.7. The van der Waals surface area contributed by atoms with Crippen LogP contribution in [0.5, 0.6) is 0 Å². The summed E-state index contributed by atoms with van der Waals surface area (Å²) < 4.78 is 0. The van der Waals surface area contributed by atoms with Crippen molar-refractivity contribution in [3.05, 3.63) is 45.1 Å². The summed E-state index contributed by atoms with van der Waals surface area (Å²) in [6, 6.07) is 0. The Kier molecular flexibility index (Phi) is 2.68. The van der Waals surface area contributed by atoms with E-state index in [1.54, 1.807) is 27.9 Å². The van der Waals surface area contributed by atoms with Crippen molar-refractivity contribution in [1.29, 1.82) is 0 Å². The number of fused-ring (bicyclic) bond motifs is 3. The van der Waals surface area contributed by atoms with E-state index in [-0.39, 0.29) is 0 Å². The van der Waals surface area contributed by atoms with Gasteiger partial charge in [-0.2, -0.15) is 0 Å². The molecule has 0 radical (unpaired) electrons. The summed E-state index contributed by atoms with van der Waals surface area (Å²) in [6.07, 6.45) is 9.69. The molecule has 106 valence electrons. The van der Waals surface area contributed by atoms with Crippen molar-refractivity contribution < 1.29 is 0 Å². The second kappa shape index (κ2) is 4.23. The fourth-order valence-corrected chi connectivity index (χ4v) is 5.48. The fourth-order valence-electron chi connectivity index (χ4n) is 5.48. The molecule has 1 saturated carbocycles. The molecule has 0 bridgehead atoms. The summed E-state index contributed by atoms with van der Waals surface area (Å²) in [4.78, 5) is 0. The molecule has 1 fully saturated rings. The Bertz CT molecular complexity index is 606. The second-order valence-corrected chi connectivity index (χ2v) is 7.46. The van der Waals surface area contributed by atoms with Crippen LogP contribution in [0.25, 0.3) is 0 Å². The van der Waals surface area contributed by atoms with E-state index in [1.807, 2.05) is 0 Å². The molecule has 0 heteroatoms. The van der Waals surface area contributed by atoms with Gasteiger partial charge in [0, 0.05) is 0 Å². The standard InChI is InChI=1S/C20H26/c1-11-9-17-18-10-15-7-5-6-8-16(15)13(3)20(18)14(4)19(17)12(11)2/h9,13,15-16H,5-8,10H2,1-4H3/t13?,15-,16+/m1/s1. The highest BCUT2D eigenvalue weighted by Gasteiger charge is 2.42. The minimum atomic E-state index is 0.788. The molecule has 4 aliphatic rings. The van der Waals surface area contributed by atoms with Gasteiger partial charge in [0.05, 0.1) is 0 Å². The maximum atomic E-state index is 2.51. The van der Waals surface area contributed by atoms with Crippen LogP contribution in [0.4, 0.5) is 0 Å². The SMILES string of the molecule is CC1=C(C)C2=C(C)C3=C(C[C@H]4CCCC[C@H]4C3C)C2=C1. The van der Waals surface area contributed by atoms with Crippen molar-refractivity contribution in [3.8, 4) is 0 Å². The lowest BCUT2D eigenvalue weighted by molar-refractivity contribution is 0.175. The van der Waals surface area contributed by atoms with Crippen LogP contribution in [0.3, 0.4) is 0 Å². The molecule has 0 nitrogen and oxygen atoms in total. The van der Waals surface area contributed by atoms with Gasteiger partial charge in [-0.3, -0.25) is 0 Å². The smallest absolute Gasteiger partial charge is 0.0117 e. The van der Waals surface area contributed by atoms with Gasteiger partial charge in [-0.15, -0.1) is 0 Å². The Labute approximate surface area is 123 Å². The van der Waals surface area contributed by atoms with Gasteiger partial charge in [-0.25, -0.2) is 0 Å². The average Bonchev–Trinajstić information content (AvgIpc) is 2.88. The number of rotatable bonds is 0. The molecule has 0 aliphatic heterocycles. The molecule has 0 aromatic carbocycles. The van der Waals surface area contributed by atoms with Crippen LogP contribution in [-0.4, -0.2) is 0 Å². The maximum absolute atomic E-state index is 2.51. The lowest BCUT2D eigenvalue weighted by atomic mass is 9.63. The van der Waals surface area contributed by atoms with Crippen LogP contribution in [0, 0.1) is 17.8 Å². The van der Waals surface area contributed by atoms with Crippen LogP contribution in [0.1, 0.15) is 59.8 Å². The number of hydrogen-bond acceptors (Lipinski definition) is 0. The minimum Gasteiger partial charge on any atom is -0.0581 e. The van der Waals surface area contributed by atoms with Crippen LogP contribution >= 0.6 is 0 Å². The second-order valence-electron chi connectivity index (χ2n) is 7.46. The van der Waals surface area contributed by atoms with Crippen molar-refractivity contribution in [2.75, 3.05) is 0 Å². The predicted octanol–water partition coefficient (Wildman–Crippen LogP) is 5.74. The van der Waals surface area contributed by atoms with Crippen molar-refractivity contribution >= 4 is 0 Å². The molecule has 0 spiro atoms. The largest absolute Gasteiger partial charge is 0.0581 e. The van der Waals surface area contributed by atoms with E-state index in [2.05, 4.69) is 33.8 Å². The highest BCUT2D eigenvalue weighted by atomic mass is 14.5. The summed E-state index contributed by atoms with van der Waals surface area (Å²) in [5, 5.41) is 0. The van der Waals surface area contributed by atoms with Crippen molar-refractivity contribution in [1.82, 2.24) is 0 Å². The Morgan fingerprint density at radius 1 is 1.00 bits per heavy atom. The first-order valence-corrected chi connectivity index (χ1v) is 8.44. The first-order valence-electron chi connectivity index (χ1n) is 8.44. The highest BCUT2D eigenvalue weighted by Crippen LogP contribution is 2.56. The monoisotopic (exact) mass is 266 g/mol. The van der Waals surface area contributed by atoms with Crippen molar-refractivity contribution in [3.63, 3.8) is 0 Å². The van der Waals surface area contributed by atoms with E-state index >= 15 is 0 Å². The molecule has 0 aromatic rings. The zero-order chi connectivity index (χ0) is 14.0. The van der Waals surface area contributed by atoms with Crippen LogP contribution in [-0.2, 0) is 0 Å². The molecule has 0 heterocycles. The molecule has 0 N–H and O–H groups in total. The van der Waals surface area contributed by atoms with Gasteiger partial charge in [0.1, 0.15) is 0 Å². The van der Waals surface area contributed by atoms with Gasteiger partial charge in [0.25, 0.3) is 0 Å². The molecule has 20 heavy (non-hydrogen) atoms. The predicted molar refractivity (Wildman–Crippen MR) is 85.4 cm³/mol. The third kappa shape index (κ3) is 1.48. The van der Waals surface area contributed by atoms with Gasteiger partial charge in [-0.1, -0.05) is 25.8 Å². The quantitative estimate of drug-likeness (QED) is 0.525. The molecular weight excluding hydrogens is 240 g/mol. The number of hydrogen-bond donors (Lipinski definition) is 0. The summed E-state index contributed by atoms with van der Waals surface area (Å²) >= 11 is 0. The van der Waals surface area contributed by atoms with E-state index in [0.717, 1.165) is 17.8 Å². The highest BCUT2D eigenvalue weighted by molar-refractivity contribution is 5.75. The maximum Gasteiger partial charge on any atom is -0.0117 e. The topological polar surface area (TPSA) is 0 Å². The minimum absolute atomic E-state index is 0.788. The lowest BCUT2D eigenvalue weighted by Crippen LogP contribution is -2.31. The van der Waals surface area contributed by atoms with Gasteiger partial charge >= 0.3 is 0 Å². The Hall–Kier alpha value is -1.04. The van der Waals surface area contributed by atoms with E-state index < -0.39 is 0 Å². The molecule has 0 amide bonds. The molecule has 0 aromatic heterocycles. The third-order valence-corrected chi connectivity index (χ3v) is 6.56. The van der Waals surface area contributed by atoms with E-state index in [9.17, 15) is 0 Å². The average molecular weight is 266 g/mol. The summed E-state index contributed by atoms with van der Waals surface area (Å²) in [6.45, 7) is 9.48.